The summed E-state index contributed by atoms with van der Waals surface area (Å²) in [5.41, 5.74) is 2.55. The quantitative estimate of drug-likeness (QED) is 0.647. The largest absolute Gasteiger partial charge is 0.463 e. The molecule has 7 heteroatoms. The van der Waals surface area contributed by atoms with Crippen LogP contribution >= 0.6 is 11.6 Å². The van der Waals surface area contributed by atoms with Gasteiger partial charge in [0.25, 0.3) is 0 Å². The number of halogens is 1. The molecule has 0 saturated carbocycles. The van der Waals surface area contributed by atoms with Gasteiger partial charge >= 0.3 is 12.1 Å². The molecular formula is C22H28ClN3O3. The SMILES string of the molecule is CC(C)(C)OC(=O)N1CCC(COc2ncc(-c3cccc(CCl)c3)cn2)CC1. The molecule has 0 radical (unpaired) electrons. The summed E-state index contributed by atoms with van der Waals surface area (Å²) in [6.45, 7) is 7.55. The Morgan fingerprint density at radius 1 is 1.17 bits per heavy atom. The molecule has 0 spiro atoms. The van der Waals surface area contributed by atoms with Crippen molar-refractivity contribution in [2.45, 2.75) is 45.1 Å². The number of nitrogens with zero attached hydrogens (tertiary/aromatic N) is 3. The predicted octanol–water partition coefficient (Wildman–Crippen LogP) is 4.91. The topological polar surface area (TPSA) is 64.5 Å². The van der Waals surface area contributed by atoms with E-state index in [1.807, 2.05) is 45.0 Å². The van der Waals surface area contributed by atoms with E-state index in [4.69, 9.17) is 21.1 Å². The van der Waals surface area contributed by atoms with Gasteiger partial charge in [-0.3, -0.25) is 0 Å². The highest BCUT2D eigenvalue weighted by molar-refractivity contribution is 6.17. The lowest BCUT2D eigenvalue weighted by Crippen LogP contribution is -2.42. The predicted molar refractivity (Wildman–Crippen MR) is 113 cm³/mol. The van der Waals surface area contributed by atoms with E-state index in [0.29, 0.717) is 37.5 Å². The normalized spacial score (nSPS) is 15.2. The monoisotopic (exact) mass is 417 g/mol. The fraction of sp³-hybridized carbons (Fsp3) is 0.500. The van der Waals surface area contributed by atoms with Crippen molar-refractivity contribution in [2.75, 3.05) is 19.7 Å². The van der Waals surface area contributed by atoms with E-state index >= 15 is 0 Å². The minimum Gasteiger partial charge on any atom is -0.463 e. The van der Waals surface area contributed by atoms with Gasteiger partial charge in [-0.15, -0.1) is 11.6 Å². The van der Waals surface area contributed by atoms with Crippen molar-refractivity contribution in [1.29, 1.82) is 0 Å². The summed E-state index contributed by atoms with van der Waals surface area (Å²) >= 11 is 5.90. The lowest BCUT2D eigenvalue weighted by molar-refractivity contribution is 0.0163. The number of amides is 1. The number of rotatable bonds is 5. The van der Waals surface area contributed by atoms with E-state index in [-0.39, 0.29) is 6.09 Å². The van der Waals surface area contributed by atoms with Crippen LogP contribution in [0.5, 0.6) is 6.01 Å². The van der Waals surface area contributed by atoms with Gasteiger partial charge in [-0.2, -0.15) is 0 Å². The molecule has 1 amide bonds. The number of hydrogen-bond acceptors (Lipinski definition) is 5. The molecule has 0 unspecified atom stereocenters. The third-order valence-electron chi connectivity index (χ3n) is 4.76. The molecule has 0 bridgehead atoms. The Morgan fingerprint density at radius 2 is 1.86 bits per heavy atom. The summed E-state index contributed by atoms with van der Waals surface area (Å²) in [5, 5.41) is 0. The Morgan fingerprint density at radius 3 is 2.48 bits per heavy atom. The van der Waals surface area contributed by atoms with E-state index < -0.39 is 5.60 Å². The maximum absolute atomic E-state index is 12.1. The molecule has 6 nitrogen and oxygen atoms in total. The number of alkyl halides is 1. The highest BCUT2D eigenvalue weighted by Gasteiger charge is 2.27. The molecule has 1 aliphatic rings. The Hall–Kier alpha value is -2.34. The van der Waals surface area contributed by atoms with Crippen LogP contribution in [-0.4, -0.2) is 46.3 Å². The Labute approximate surface area is 177 Å². The maximum atomic E-state index is 12.1. The molecule has 0 N–H and O–H groups in total. The second kappa shape index (κ2) is 9.44. The zero-order chi connectivity index (χ0) is 20.9. The Balaban J connectivity index is 1.47. The van der Waals surface area contributed by atoms with Crippen LogP contribution in [0.3, 0.4) is 0 Å². The molecule has 29 heavy (non-hydrogen) atoms. The first-order chi connectivity index (χ1) is 13.8. The number of likely N-dealkylation sites (tertiary alicyclic amines) is 1. The van der Waals surface area contributed by atoms with Gasteiger partial charge in [0.1, 0.15) is 5.60 Å². The Bertz CT molecular complexity index is 813. The van der Waals surface area contributed by atoms with Crippen molar-refractivity contribution in [3.05, 3.63) is 42.2 Å². The third kappa shape index (κ3) is 6.32. The first-order valence-corrected chi connectivity index (χ1v) is 10.5. The second-order valence-electron chi connectivity index (χ2n) is 8.31. The molecule has 1 aromatic heterocycles. The molecular weight excluding hydrogens is 390 g/mol. The molecule has 156 valence electrons. The van der Waals surface area contributed by atoms with Crippen molar-refractivity contribution in [2.24, 2.45) is 5.92 Å². The minimum absolute atomic E-state index is 0.242. The van der Waals surface area contributed by atoms with Crippen LogP contribution in [-0.2, 0) is 10.6 Å². The molecule has 1 aliphatic heterocycles. The number of hydrogen-bond donors (Lipinski definition) is 0. The van der Waals surface area contributed by atoms with Crippen LogP contribution in [0.1, 0.15) is 39.2 Å². The van der Waals surface area contributed by atoms with E-state index in [2.05, 4.69) is 9.97 Å². The van der Waals surface area contributed by atoms with Gasteiger partial charge in [-0.25, -0.2) is 14.8 Å². The number of piperidine rings is 1. The summed E-state index contributed by atoms with van der Waals surface area (Å²) < 4.78 is 11.2. The van der Waals surface area contributed by atoms with Crippen LogP contribution in [0.2, 0.25) is 0 Å². The van der Waals surface area contributed by atoms with Gasteiger partial charge in [0.2, 0.25) is 0 Å². The standard InChI is InChI=1S/C22H28ClN3O3/c1-22(2,3)29-21(27)26-9-7-16(8-10-26)15-28-20-24-13-19(14-25-20)18-6-4-5-17(11-18)12-23/h4-6,11,13-14,16H,7-10,12,15H2,1-3H3. The highest BCUT2D eigenvalue weighted by Crippen LogP contribution is 2.22. The smallest absolute Gasteiger partial charge is 0.410 e. The Kier molecular flexibility index (Phi) is 6.96. The van der Waals surface area contributed by atoms with Gasteiger partial charge in [0.15, 0.2) is 0 Å². The summed E-state index contributed by atoms with van der Waals surface area (Å²) in [6.07, 6.45) is 5.04. The fourth-order valence-corrected chi connectivity index (χ4v) is 3.34. The van der Waals surface area contributed by atoms with Gasteiger partial charge < -0.3 is 14.4 Å². The van der Waals surface area contributed by atoms with Crippen LogP contribution in [0.25, 0.3) is 11.1 Å². The van der Waals surface area contributed by atoms with Gasteiger partial charge in [-0.05, 0) is 56.7 Å². The number of benzene rings is 1. The maximum Gasteiger partial charge on any atom is 0.410 e. The fourth-order valence-electron chi connectivity index (χ4n) is 3.17. The molecule has 1 aromatic carbocycles. The zero-order valence-corrected chi connectivity index (χ0v) is 18.0. The van der Waals surface area contributed by atoms with Crippen LogP contribution in [0.4, 0.5) is 4.79 Å². The van der Waals surface area contributed by atoms with E-state index in [1.165, 1.54) is 0 Å². The summed E-state index contributed by atoms with van der Waals surface area (Å²) in [4.78, 5) is 22.6. The number of carbonyl (C=O) groups is 1. The van der Waals surface area contributed by atoms with Crippen molar-refractivity contribution in [1.82, 2.24) is 14.9 Å². The molecule has 1 fully saturated rings. The molecule has 2 heterocycles. The van der Waals surface area contributed by atoms with Gasteiger partial charge in [-0.1, -0.05) is 18.2 Å². The molecule has 3 rings (SSSR count). The second-order valence-corrected chi connectivity index (χ2v) is 8.58. The van der Waals surface area contributed by atoms with Crippen LogP contribution in [0.15, 0.2) is 36.7 Å². The number of ether oxygens (including phenoxy) is 2. The first kappa shape index (κ1) is 21.4. The van der Waals surface area contributed by atoms with E-state index in [1.54, 1.807) is 17.3 Å². The van der Waals surface area contributed by atoms with Crippen molar-refractivity contribution in [3.63, 3.8) is 0 Å². The number of carbonyl (C=O) groups excluding carboxylic acids is 1. The first-order valence-electron chi connectivity index (χ1n) is 9.92. The van der Waals surface area contributed by atoms with Crippen molar-refractivity contribution >= 4 is 17.7 Å². The summed E-state index contributed by atoms with van der Waals surface area (Å²) in [7, 11) is 0. The number of aromatic nitrogens is 2. The lowest BCUT2D eigenvalue weighted by Gasteiger charge is -2.33. The molecule has 2 aromatic rings. The molecule has 1 saturated heterocycles. The van der Waals surface area contributed by atoms with Crippen molar-refractivity contribution < 1.29 is 14.3 Å². The molecule has 0 atom stereocenters. The van der Waals surface area contributed by atoms with Gasteiger partial charge in [0.05, 0.1) is 6.61 Å². The van der Waals surface area contributed by atoms with Gasteiger partial charge in [0, 0.05) is 36.9 Å². The zero-order valence-electron chi connectivity index (χ0n) is 17.2. The average Bonchev–Trinajstić information content (AvgIpc) is 2.72. The summed E-state index contributed by atoms with van der Waals surface area (Å²) in [6, 6.07) is 8.37. The van der Waals surface area contributed by atoms with Crippen molar-refractivity contribution in [3.8, 4) is 17.1 Å². The third-order valence-corrected chi connectivity index (χ3v) is 5.07. The highest BCUT2D eigenvalue weighted by atomic mass is 35.5. The average molecular weight is 418 g/mol. The summed E-state index contributed by atoms with van der Waals surface area (Å²) in [5.74, 6) is 0.847. The molecule has 0 aliphatic carbocycles. The van der Waals surface area contributed by atoms with E-state index in [0.717, 1.165) is 29.5 Å². The minimum atomic E-state index is -0.466. The van der Waals surface area contributed by atoms with Crippen LogP contribution in [0, 0.1) is 5.92 Å². The lowest BCUT2D eigenvalue weighted by atomic mass is 9.98. The van der Waals surface area contributed by atoms with Crippen LogP contribution < -0.4 is 4.74 Å². The van der Waals surface area contributed by atoms with E-state index in [9.17, 15) is 4.79 Å².